The van der Waals surface area contributed by atoms with E-state index in [0.717, 1.165) is 19.3 Å². The van der Waals surface area contributed by atoms with Gasteiger partial charge < -0.3 is 25.2 Å². The summed E-state index contributed by atoms with van der Waals surface area (Å²) in [7, 11) is -4.53. The Morgan fingerprint density at radius 2 is 1.77 bits per heavy atom. The molecule has 0 aromatic heterocycles. The first-order valence-electron chi connectivity index (χ1n) is 13.0. The van der Waals surface area contributed by atoms with Gasteiger partial charge in [-0.25, -0.2) is 5.06 Å². The molecule has 0 saturated carbocycles. The van der Waals surface area contributed by atoms with E-state index in [2.05, 4.69) is 10.6 Å². The van der Waals surface area contributed by atoms with Gasteiger partial charge in [-0.3, -0.25) is 24.2 Å². The van der Waals surface area contributed by atoms with E-state index in [9.17, 15) is 33.9 Å². The van der Waals surface area contributed by atoms with Crippen LogP contribution in [-0.2, 0) is 14.2 Å². The number of hydrogen-bond acceptors (Lipinski definition) is 6. The molecule has 0 bridgehead atoms. The number of benzene rings is 2. The summed E-state index contributed by atoms with van der Waals surface area (Å²) in [5.41, 5.74) is 1.54. The predicted molar refractivity (Wildman–Crippen MR) is 147 cm³/mol. The summed E-state index contributed by atoms with van der Waals surface area (Å²) >= 11 is 0. The molecule has 2 rings (SSSR count). The number of hydrogen-bond donors (Lipinski definition) is 5. The molecule has 214 valence electrons. The SMILES string of the molecule is CCCCC[C@@H](C(=O)NCNC(=O)c1cccc(-c2ccc(P(=O)(O)O)c(OCC)c2)c1)[C@@H](CC)N(O)C=O. The predicted octanol–water partition coefficient (Wildman–Crippen LogP) is 3.18. The molecule has 2 aromatic rings. The summed E-state index contributed by atoms with van der Waals surface area (Å²) in [5, 5.41) is 15.6. The number of amides is 3. The number of nitrogens with one attached hydrogen (secondary N) is 2. The molecule has 0 radical (unpaired) electrons. The van der Waals surface area contributed by atoms with E-state index >= 15 is 0 Å². The molecule has 3 amide bonds. The van der Waals surface area contributed by atoms with Gasteiger partial charge in [-0.2, -0.15) is 0 Å². The van der Waals surface area contributed by atoms with Gasteiger partial charge in [0, 0.05) is 5.56 Å². The number of nitrogens with zero attached hydrogens (tertiary/aromatic N) is 1. The second kappa shape index (κ2) is 15.4. The minimum Gasteiger partial charge on any atom is -0.493 e. The van der Waals surface area contributed by atoms with Gasteiger partial charge in [0.1, 0.15) is 11.1 Å². The lowest BCUT2D eigenvalue weighted by atomic mass is 9.90. The lowest BCUT2D eigenvalue weighted by molar-refractivity contribution is -0.168. The Kier molecular flexibility index (Phi) is 12.6. The van der Waals surface area contributed by atoms with Crippen LogP contribution in [0.1, 0.15) is 63.2 Å². The summed E-state index contributed by atoms with van der Waals surface area (Å²) in [6.45, 7) is 5.59. The van der Waals surface area contributed by atoms with Crippen LogP contribution in [0.2, 0.25) is 0 Å². The van der Waals surface area contributed by atoms with Crippen LogP contribution >= 0.6 is 7.60 Å². The standard InChI is InChI=1S/C27H38N3O8P/c1-4-7-8-12-22(23(5-2)30(34)18-31)27(33)29-17-28-26(32)21-11-9-10-19(15-21)20-13-14-25(39(35,36)37)24(16-20)38-6-3/h9-11,13-16,18,22-23,34H,4-8,12,17H2,1-3H3,(H,28,32)(H,29,33)(H2,35,36,37)/t22-,23-/m1/s1. The quantitative estimate of drug-likeness (QED) is 0.0519. The average Bonchev–Trinajstić information content (AvgIpc) is 2.91. The maximum Gasteiger partial charge on any atom is 0.359 e. The molecule has 0 heterocycles. The van der Waals surface area contributed by atoms with Gasteiger partial charge in [-0.1, -0.05) is 51.3 Å². The second-order valence-corrected chi connectivity index (χ2v) is 10.6. The minimum atomic E-state index is -4.53. The molecule has 11 nitrogen and oxygen atoms in total. The van der Waals surface area contributed by atoms with Crippen molar-refractivity contribution in [2.24, 2.45) is 5.92 Å². The van der Waals surface area contributed by atoms with Gasteiger partial charge in [0.2, 0.25) is 12.3 Å². The highest BCUT2D eigenvalue weighted by Crippen LogP contribution is 2.39. The van der Waals surface area contributed by atoms with Crippen LogP contribution in [-0.4, -0.2) is 57.6 Å². The lowest BCUT2D eigenvalue weighted by Crippen LogP contribution is -2.47. The maximum absolute atomic E-state index is 12.9. The third-order valence-electron chi connectivity index (χ3n) is 6.33. The topological polar surface area (TPSA) is 166 Å². The summed E-state index contributed by atoms with van der Waals surface area (Å²) < 4.78 is 17.2. The Balaban J connectivity index is 2.12. The highest BCUT2D eigenvalue weighted by atomic mass is 31.2. The van der Waals surface area contributed by atoms with Crippen LogP contribution in [0.3, 0.4) is 0 Å². The first-order valence-corrected chi connectivity index (χ1v) is 14.6. The molecular formula is C27H38N3O8P. The average molecular weight is 564 g/mol. The molecule has 2 atom stereocenters. The van der Waals surface area contributed by atoms with E-state index in [-0.39, 0.29) is 30.2 Å². The van der Waals surface area contributed by atoms with Crippen LogP contribution in [0.4, 0.5) is 0 Å². The van der Waals surface area contributed by atoms with E-state index in [1.807, 2.05) is 6.92 Å². The van der Waals surface area contributed by atoms with Crippen LogP contribution in [0.15, 0.2) is 42.5 Å². The van der Waals surface area contributed by atoms with Gasteiger partial charge in [-0.15, -0.1) is 0 Å². The molecule has 2 aromatic carbocycles. The number of ether oxygens (including phenoxy) is 1. The van der Waals surface area contributed by atoms with Crippen LogP contribution in [0, 0.1) is 5.92 Å². The third kappa shape index (κ3) is 9.18. The zero-order valence-corrected chi connectivity index (χ0v) is 23.4. The second-order valence-electron chi connectivity index (χ2n) is 9.03. The van der Waals surface area contributed by atoms with Gasteiger partial charge in [0.15, 0.2) is 0 Å². The minimum absolute atomic E-state index is 0.0656. The molecule has 0 fully saturated rings. The van der Waals surface area contributed by atoms with Gasteiger partial charge in [-0.05, 0) is 55.2 Å². The van der Waals surface area contributed by atoms with E-state index < -0.39 is 25.5 Å². The Morgan fingerprint density at radius 1 is 1.05 bits per heavy atom. The van der Waals surface area contributed by atoms with Crippen molar-refractivity contribution in [1.82, 2.24) is 15.7 Å². The molecule has 0 saturated heterocycles. The van der Waals surface area contributed by atoms with E-state index in [1.165, 1.54) is 12.1 Å². The van der Waals surface area contributed by atoms with Crippen LogP contribution in [0.5, 0.6) is 5.75 Å². The number of unbranched alkanes of at least 4 members (excludes halogenated alkanes) is 2. The monoisotopic (exact) mass is 563 g/mol. The van der Waals surface area contributed by atoms with Gasteiger partial charge in [0.25, 0.3) is 5.91 Å². The molecule has 0 unspecified atom stereocenters. The Hall–Kier alpha value is -3.24. The molecule has 0 aliphatic rings. The molecular weight excluding hydrogens is 525 g/mol. The van der Waals surface area contributed by atoms with Crippen molar-refractivity contribution < 1.29 is 38.7 Å². The van der Waals surface area contributed by atoms with Crippen LogP contribution < -0.4 is 20.7 Å². The summed E-state index contributed by atoms with van der Waals surface area (Å²) in [4.78, 5) is 56.0. The van der Waals surface area contributed by atoms with E-state index in [1.54, 1.807) is 44.2 Å². The van der Waals surface area contributed by atoms with Crippen molar-refractivity contribution in [2.75, 3.05) is 13.3 Å². The molecule has 5 N–H and O–H groups in total. The highest BCUT2D eigenvalue weighted by molar-refractivity contribution is 7.60. The number of hydroxylamine groups is 2. The number of carbonyl (C=O) groups is 3. The highest BCUT2D eigenvalue weighted by Gasteiger charge is 2.30. The van der Waals surface area contributed by atoms with E-state index in [0.29, 0.717) is 41.0 Å². The lowest BCUT2D eigenvalue weighted by Gasteiger charge is -2.29. The molecule has 12 heteroatoms. The Bertz CT molecular complexity index is 1170. The molecule has 0 spiro atoms. The Labute approximate surface area is 228 Å². The van der Waals surface area contributed by atoms with E-state index in [4.69, 9.17) is 4.74 Å². The van der Waals surface area contributed by atoms with Crippen molar-refractivity contribution >= 4 is 31.1 Å². The van der Waals surface area contributed by atoms with Crippen LogP contribution in [0.25, 0.3) is 11.1 Å². The van der Waals surface area contributed by atoms with Crippen molar-refractivity contribution in [3.8, 4) is 16.9 Å². The van der Waals surface area contributed by atoms with Crippen molar-refractivity contribution in [1.29, 1.82) is 0 Å². The molecule has 0 aliphatic heterocycles. The summed E-state index contributed by atoms with van der Waals surface area (Å²) in [6.07, 6.45) is 3.80. The largest absolute Gasteiger partial charge is 0.493 e. The van der Waals surface area contributed by atoms with Crippen molar-refractivity contribution in [3.63, 3.8) is 0 Å². The maximum atomic E-state index is 12.9. The first kappa shape index (κ1) is 32.0. The van der Waals surface area contributed by atoms with Gasteiger partial charge in [0.05, 0.1) is 25.2 Å². The number of carbonyl (C=O) groups excluding carboxylic acids is 3. The summed E-state index contributed by atoms with van der Waals surface area (Å²) in [6, 6.07) is 10.3. The Morgan fingerprint density at radius 3 is 2.38 bits per heavy atom. The van der Waals surface area contributed by atoms with Crippen molar-refractivity contribution in [2.45, 2.75) is 58.9 Å². The summed E-state index contributed by atoms with van der Waals surface area (Å²) in [5.74, 6) is -1.38. The third-order valence-corrected chi connectivity index (χ3v) is 7.33. The molecule has 39 heavy (non-hydrogen) atoms. The zero-order chi connectivity index (χ0) is 29.0. The fourth-order valence-electron chi connectivity index (χ4n) is 4.34. The molecule has 0 aliphatic carbocycles. The first-order chi connectivity index (χ1) is 18.6. The van der Waals surface area contributed by atoms with Crippen molar-refractivity contribution in [3.05, 3.63) is 48.0 Å². The zero-order valence-electron chi connectivity index (χ0n) is 22.5. The normalized spacial score (nSPS) is 12.8. The number of rotatable bonds is 16. The smallest absolute Gasteiger partial charge is 0.359 e. The van der Waals surface area contributed by atoms with Gasteiger partial charge >= 0.3 is 7.60 Å². The fourth-order valence-corrected chi connectivity index (χ4v) is 5.02. The fraction of sp³-hybridized carbons (Fsp3) is 0.444.